The van der Waals surface area contributed by atoms with Crippen LogP contribution in [0.4, 0.5) is 0 Å². The quantitative estimate of drug-likeness (QED) is 0.845. The average Bonchev–Trinajstić information content (AvgIpc) is 2.92. The smallest absolute Gasteiger partial charge is 0.272 e. The standard InChI is InChI=1S/C20H23N3O3/c1-16-6-4-7-17(14-16)26-15-19(24)22-10-5-11-23(13-12-22)20(25)18-8-2-3-9-21-18/h2-4,6-9,14H,5,10-13,15H2,1H3. The summed E-state index contributed by atoms with van der Waals surface area (Å²) in [5.41, 5.74) is 1.53. The van der Waals surface area contributed by atoms with Crippen LogP contribution < -0.4 is 4.74 Å². The Kier molecular flexibility index (Phi) is 5.84. The molecule has 1 fully saturated rings. The fourth-order valence-corrected chi connectivity index (χ4v) is 2.96. The number of nitrogens with zero attached hydrogens (tertiary/aromatic N) is 3. The molecule has 1 aliphatic rings. The van der Waals surface area contributed by atoms with E-state index in [9.17, 15) is 9.59 Å². The van der Waals surface area contributed by atoms with Crippen LogP contribution in [-0.4, -0.2) is 59.4 Å². The molecule has 0 aliphatic carbocycles. The summed E-state index contributed by atoms with van der Waals surface area (Å²) >= 11 is 0. The van der Waals surface area contributed by atoms with Crippen molar-refractivity contribution in [3.05, 3.63) is 59.9 Å². The number of aryl methyl sites for hydroxylation is 1. The van der Waals surface area contributed by atoms with E-state index in [0.717, 1.165) is 12.0 Å². The lowest BCUT2D eigenvalue weighted by Crippen LogP contribution is -2.39. The van der Waals surface area contributed by atoms with Crippen LogP contribution in [0.1, 0.15) is 22.5 Å². The first-order chi connectivity index (χ1) is 12.6. The van der Waals surface area contributed by atoms with Gasteiger partial charge in [-0.05, 0) is 43.2 Å². The van der Waals surface area contributed by atoms with Crippen LogP contribution >= 0.6 is 0 Å². The molecule has 3 rings (SSSR count). The number of rotatable bonds is 4. The van der Waals surface area contributed by atoms with Crippen LogP contribution in [0.15, 0.2) is 48.7 Å². The van der Waals surface area contributed by atoms with Gasteiger partial charge in [-0.2, -0.15) is 0 Å². The third kappa shape index (κ3) is 4.59. The Morgan fingerprint density at radius 3 is 2.62 bits per heavy atom. The number of amides is 2. The third-order valence-electron chi connectivity index (χ3n) is 4.37. The summed E-state index contributed by atoms with van der Waals surface area (Å²) in [6, 6.07) is 12.9. The van der Waals surface area contributed by atoms with E-state index in [-0.39, 0.29) is 18.4 Å². The molecule has 2 aromatic rings. The molecular formula is C20H23N3O3. The van der Waals surface area contributed by atoms with Crippen molar-refractivity contribution in [3.8, 4) is 5.75 Å². The molecule has 136 valence electrons. The van der Waals surface area contributed by atoms with Gasteiger partial charge in [-0.25, -0.2) is 0 Å². The van der Waals surface area contributed by atoms with E-state index < -0.39 is 0 Å². The zero-order valence-corrected chi connectivity index (χ0v) is 14.9. The second kappa shape index (κ2) is 8.47. The Morgan fingerprint density at radius 2 is 1.85 bits per heavy atom. The van der Waals surface area contributed by atoms with E-state index in [1.54, 1.807) is 34.2 Å². The largest absolute Gasteiger partial charge is 0.484 e. The Labute approximate surface area is 153 Å². The summed E-state index contributed by atoms with van der Waals surface area (Å²) in [4.78, 5) is 32.6. The molecule has 6 nitrogen and oxygen atoms in total. The highest BCUT2D eigenvalue weighted by atomic mass is 16.5. The molecule has 0 radical (unpaired) electrons. The number of hydrogen-bond donors (Lipinski definition) is 0. The van der Waals surface area contributed by atoms with Gasteiger partial charge in [-0.3, -0.25) is 14.6 Å². The number of hydrogen-bond acceptors (Lipinski definition) is 4. The zero-order valence-electron chi connectivity index (χ0n) is 14.9. The number of aromatic nitrogens is 1. The number of ether oxygens (including phenoxy) is 1. The number of carbonyl (C=O) groups is 2. The van der Waals surface area contributed by atoms with Crippen molar-refractivity contribution >= 4 is 11.8 Å². The second-order valence-corrected chi connectivity index (χ2v) is 6.35. The van der Waals surface area contributed by atoms with E-state index in [1.165, 1.54) is 0 Å². The Bertz CT molecular complexity index is 764. The fourth-order valence-electron chi connectivity index (χ4n) is 2.96. The molecule has 2 heterocycles. The van der Waals surface area contributed by atoms with Crippen LogP contribution in [0.5, 0.6) is 5.75 Å². The average molecular weight is 353 g/mol. The van der Waals surface area contributed by atoms with E-state index >= 15 is 0 Å². The van der Waals surface area contributed by atoms with Crippen molar-refractivity contribution < 1.29 is 14.3 Å². The maximum absolute atomic E-state index is 12.5. The second-order valence-electron chi connectivity index (χ2n) is 6.35. The van der Waals surface area contributed by atoms with Crippen molar-refractivity contribution in [2.75, 3.05) is 32.8 Å². The molecule has 6 heteroatoms. The molecule has 2 amide bonds. The van der Waals surface area contributed by atoms with Crippen molar-refractivity contribution in [2.24, 2.45) is 0 Å². The summed E-state index contributed by atoms with van der Waals surface area (Å²) in [6.07, 6.45) is 2.36. The number of benzene rings is 1. The van der Waals surface area contributed by atoms with Crippen LogP contribution in [0.3, 0.4) is 0 Å². The van der Waals surface area contributed by atoms with Gasteiger partial charge in [-0.15, -0.1) is 0 Å². The first kappa shape index (κ1) is 17.9. The Balaban J connectivity index is 1.53. The highest BCUT2D eigenvalue weighted by molar-refractivity contribution is 5.92. The molecule has 0 N–H and O–H groups in total. The van der Waals surface area contributed by atoms with Crippen molar-refractivity contribution in [2.45, 2.75) is 13.3 Å². The normalized spacial score (nSPS) is 14.7. The maximum Gasteiger partial charge on any atom is 0.272 e. The lowest BCUT2D eigenvalue weighted by Gasteiger charge is -2.22. The molecule has 0 saturated carbocycles. The summed E-state index contributed by atoms with van der Waals surface area (Å²) in [6.45, 7) is 4.26. The number of carbonyl (C=O) groups excluding carboxylic acids is 2. The molecule has 0 unspecified atom stereocenters. The summed E-state index contributed by atoms with van der Waals surface area (Å²) in [7, 11) is 0. The van der Waals surface area contributed by atoms with Crippen LogP contribution in [0, 0.1) is 6.92 Å². The van der Waals surface area contributed by atoms with Gasteiger partial charge in [-0.1, -0.05) is 18.2 Å². The fraction of sp³-hybridized carbons (Fsp3) is 0.350. The van der Waals surface area contributed by atoms with Crippen LogP contribution in [-0.2, 0) is 4.79 Å². The minimum absolute atomic E-state index is 0.0115. The predicted octanol–water partition coefficient (Wildman–Crippen LogP) is 2.14. The van der Waals surface area contributed by atoms with Gasteiger partial charge < -0.3 is 14.5 Å². The van der Waals surface area contributed by atoms with Gasteiger partial charge in [0.15, 0.2) is 6.61 Å². The first-order valence-electron chi connectivity index (χ1n) is 8.81. The molecule has 0 bridgehead atoms. The van der Waals surface area contributed by atoms with Crippen LogP contribution in [0.2, 0.25) is 0 Å². The third-order valence-corrected chi connectivity index (χ3v) is 4.37. The lowest BCUT2D eigenvalue weighted by molar-refractivity contribution is -0.133. The molecule has 1 aromatic heterocycles. The van der Waals surface area contributed by atoms with Gasteiger partial charge >= 0.3 is 0 Å². The molecule has 0 atom stereocenters. The topological polar surface area (TPSA) is 62.7 Å². The van der Waals surface area contributed by atoms with E-state index in [0.29, 0.717) is 37.6 Å². The van der Waals surface area contributed by atoms with Crippen molar-refractivity contribution in [1.82, 2.24) is 14.8 Å². The molecule has 26 heavy (non-hydrogen) atoms. The SMILES string of the molecule is Cc1cccc(OCC(=O)N2CCCN(C(=O)c3ccccn3)CC2)c1. The minimum Gasteiger partial charge on any atom is -0.484 e. The van der Waals surface area contributed by atoms with E-state index in [4.69, 9.17) is 4.74 Å². The zero-order chi connectivity index (χ0) is 18.4. The Hall–Kier alpha value is -2.89. The van der Waals surface area contributed by atoms with Gasteiger partial charge in [0, 0.05) is 32.4 Å². The van der Waals surface area contributed by atoms with Gasteiger partial charge in [0.2, 0.25) is 0 Å². The van der Waals surface area contributed by atoms with E-state index in [1.807, 2.05) is 31.2 Å². The molecule has 1 aromatic carbocycles. The Morgan fingerprint density at radius 1 is 1.04 bits per heavy atom. The van der Waals surface area contributed by atoms with Gasteiger partial charge in [0.05, 0.1) is 0 Å². The van der Waals surface area contributed by atoms with Crippen molar-refractivity contribution in [3.63, 3.8) is 0 Å². The van der Waals surface area contributed by atoms with Gasteiger partial charge in [0.25, 0.3) is 11.8 Å². The highest BCUT2D eigenvalue weighted by Gasteiger charge is 2.23. The number of pyridine rings is 1. The molecule has 1 saturated heterocycles. The summed E-state index contributed by atoms with van der Waals surface area (Å²) < 4.78 is 5.60. The molecule has 0 spiro atoms. The summed E-state index contributed by atoms with van der Waals surface area (Å²) in [5, 5.41) is 0. The maximum atomic E-state index is 12.5. The van der Waals surface area contributed by atoms with Crippen molar-refractivity contribution in [1.29, 1.82) is 0 Å². The minimum atomic E-state index is -0.0871. The highest BCUT2D eigenvalue weighted by Crippen LogP contribution is 2.13. The van der Waals surface area contributed by atoms with Gasteiger partial charge in [0.1, 0.15) is 11.4 Å². The molecule has 1 aliphatic heterocycles. The monoisotopic (exact) mass is 353 g/mol. The predicted molar refractivity (Wildman–Crippen MR) is 98.0 cm³/mol. The first-order valence-corrected chi connectivity index (χ1v) is 8.81. The van der Waals surface area contributed by atoms with Crippen LogP contribution in [0.25, 0.3) is 0 Å². The summed E-state index contributed by atoms with van der Waals surface area (Å²) in [5.74, 6) is 0.551. The van der Waals surface area contributed by atoms with E-state index in [2.05, 4.69) is 4.98 Å². The lowest BCUT2D eigenvalue weighted by atomic mass is 10.2. The molecular weight excluding hydrogens is 330 g/mol.